The Balaban J connectivity index is 2.06. The lowest BCUT2D eigenvalue weighted by Crippen LogP contribution is -2.18. The second-order valence-corrected chi connectivity index (χ2v) is 7.23. The minimum Gasteiger partial charge on any atom is -0.492 e. The fourth-order valence-corrected chi connectivity index (χ4v) is 3.24. The van der Waals surface area contributed by atoms with E-state index in [0.29, 0.717) is 6.61 Å². The predicted molar refractivity (Wildman–Crippen MR) is 92.3 cm³/mol. The van der Waals surface area contributed by atoms with E-state index in [1.807, 2.05) is 43.3 Å². The van der Waals surface area contributed by atoms with E-state index < -0.39 is 0 Å². The molecule has 3 rings (SSSR count). The molecule has 0 unspecified atom stereocenters. The number of fused-ring (bicyclic) bond motifs is 1. The number of ether oxygens (including phenoxy) is 1. The average molecular weight is 392 g/mol. The zero-order chi connectivity index (χ0) is 15.2. The van der Waals surface area contributed by atoms with E-state index in [9.17, 15) is 4.79 Å². The van der Waals surface area contributed by atoms with Crippen molar-refractivity contribution in [2.75, 3.05) is 6.61 Å². The van der Waals surface area contributed by atoms with Crippen molar-refractivity contribution in [2.45, 2.75) is 26.2 Å². The first-order chi connectivity index (χ1) is 9.90. The van der Waals surface area contributed by atoms with Gasteiger partial charge < -0.3 is 4.74 Å². The average Bonchev–Trinajstić information content (AvgIpc) is 2.76. The Bertz CT molecular complexity index is 732. The fourth-order valence-electron chi connectivity index (χ4n) is 2.64. The molecule has 0 saturated heterocycles. The molecule has 0 aromatic heterocycles. The van der Waals surface area contributed by atoms with Gasteiger partial charge in [-0.25, -0.2) is 0 Å². The van der Waals surface area contributed by atoms with Crippen LogP contribution in [0.1, 0.15) is 40.9 Å². The molecule has 0 N–H and O–H groups in total. The van der Waals surface area contributed by atoms with Gasteiger partial charge in [0.2, 0.25) is 0 Å². The maximum atomic E-state index is 12.8. The van der Waals surface area contributed by atoms with Gasteiger partial charge in [0.15, 0.2) is 5.78 Å². The predicted octanol–water partition coefficient (Wildman–Crippen LogP) is 4.50. The lowest BCUT2D eigenvalue weighted by atomic mass is 9.85. The Labute approximate surface area is 138 Å². The summed E-state index contributed by atoms with van der Waals surface area (Å²) in [6.45, 7) is 6.98. The summed E-state index contributed by atoms with van der Waals surface area (Å²) < 4.78 is 6.71. The maximum Gasteiger partial charge on any atom is 0.194 e. The lowest BCUT2D eigenvalue weighted by molar-refractivity contribution is 0.103. The molecule has 0 atom stereocenters. The Hall–Kier alpha value is -1.36. The van der Waals surface area contributed by atoms with Gasteiger partial charge in [-0.3, -0.25) is 4.79 Å². The summed E-state index contributed by atoms with van der Waals surface area (Å²) in [6, 6.07) is 11.6. The summed E-state index contributed by atoms with van der Waals surface area (Å²) in [7, 11) is 0. The van der Waals surface area contributed by atoms with Crippen molar-refractivity contribution in [2.24, 2.45) is 0 Å². The highest BCUT2D eigenvalue weighted by atomic mass is 127. The molecule has 0 amide bonds. The molecule has 0 aliphatic carbocycles. The van der Waals surface area contributed by atoms with Crippen molar-refractivity contribution < 1.29 is 9.53 Å². The van der Waals surface area contributed by atoms with E-state index in [2.05, 4.69) is 36.4 Å². The molecule has 0 fully saturated rings. The Kier molecular flexibility index (Phi) is 3.56. The minimum absolute atomic E-state index is 0.0363. The highest BCUT2D eigenvalue weighted by molar-refractivity contribution is 14.1. The molecule has 0 bridgehead atoms. The number of carbonyl (C=O) groups excluding carboxylic acids is 1. The molecule has 0 saturated carbocycles. The number of benzene rings is 2. The Morgan fingerprint density at radius 1 is 1.24 bits per heavy atom. The van der Waals surface area contributed by atoms with E-state index in [-0.39, 0.29) is 11.2 Å². The minimum atomic E-state index is -0.0363. The number of rotatable bonds is 2. The molecular weight excluding hydrogens is 375 g/mol. The van der Waals surface area contributed by atoms with Crippen LogP contribution in [0.3, 0.4) is 0 Å². The topological polar surface area (TPSA) is 26.3 Å². The van der Waals surface area contributed by atoms with Crippen LogP contribution in [-0.4, -0.2) is 12.4 Å². The van der Waals surface area contributed by atoms with E-state index in [0.717, 1.165) is 31.6 Å². The summed E-state index contributed by atoms with van der Waals surface area (Å²) in [4.78, 5) is 12.8. The smallest absolute Gasteiger partial charge is 0.194 e. The van der Waals surface area contributed by atoms with Crippen molar-refractivity contribution >= 4 is 28.4 Å². The van der Waals surface area contributed by atoms with E-state index >= 15 is 0 Å². The van der Waals surface area contributed by atoms with Crippen LogP contribution in [0.25, 0.3) is 0 Å². The molecule has 1 heterocycles. The normalized spacial score (nSPS) is 15.4. The van der Waals surface area contributed by atoms with E-state index in [1.165, 1.54) is 0 Å². The van der Waals surface area contributed by atoms with Gasteiger partial charge in [0, 0.05) is 25.7 Å². The van der Waals surface area contributed by atoms with Crippen molar-refractivity contribution in [3.8, 4) is 5.75 Å². The van der Waals surface area contributed by atoms with Crippen LogP contribution in [0.4, 0.5) is 0 Å². The zero-order valence-electron chi connectivity index (χ0n) is 12.4. The summed E-state index contributed by atoms with van der Waals surface area (Å²) in [5, 5.41) is 0. The first-order valence-corrected chi connectivity index (χ1v) is 8.05. The van der Waals surface area contributed by atoms with Gasteiger partial charge in [-0.15, -0.1) is 0 Å². The highest BCUT2D eigenvalue weighted by Crippen LogP contribution is 2.39. The number of carbonyl (C=O) groups is 1. The van der Waals surface area contributed by atoms with E-state index in [4.69, 9.17) is 4.74 Å². The van der Waals surface area contributed by atoms with Crippen molar-refractivity contribution in [3.63, 3.8) is 0 Å². The van der Waals surface area contributed by atoms with Gasteiger partial charge in [-0.2, -0.15) is 0 Å². The first-order valence-electron chi connectivity index (χ1n) is 6.97. The maximum absolute atomic E-state index is 12.8. The van der Waals surface area contributed by atoms with Crippen LogP contribution in [0.15, 0.2) is 36.4 Å². The Morgan fingerprint density at radius 2 is 2.00 bits per heavy atom. The van der Waals surface area contributed by atoms with Crippen LogP contribution in [0, 0.1) is 10.5 Å². The van der Waals surface area contributed by atoms with Crippen LogP contribution < -0.4 is 4.74 Å². The molecule has 1 aliphatic heterocycles. The SMILES string of the molecule is Cc1cccc(C(=O)c2ccc3c(c2)C(C)(C)CO3)c1I. The van der Waals surface area contributed by atoms with Gasteiger partial charge in [-0.05, 0) is 59.3 Å². The van der Waals surface area contributed by atoms with Gasteiger partial charge in [0.1, 0.15) is 5.75 Å². The van der Waals surface area contributed by atoms with Crippen LogP contribution in [0.2, 0.25) is 0 Å². The summed E-state index contributed by atoms with van der Waals surface area (Å²) in [5.41, 5.74) is 3.72. The number of hydrogen-bond donors (Lipinski definition) is 0. The monoisotopic (exact) mass is 392 g/mol. The molecule has 108 valence electrons. The number of aryl methyl sites for hydroxylation is 1. The second-order valence-electron chi connectivity index (χ2n) is 6.15. The summed E-state index contributed by atoms with van der Waals surface area (Å²) in [5.74, 6) is 0.976. The van der Waals surface area contributed by atoms with Crippen LogP contribution >= 0.6 is 22.6 Å². The lowest BCUT2D eigenvalue weighted by Gasteiger charge is -2.16. The molecule has 0 radical (unpaired) electrons. The third kappa shape index (κ3) is 2.48. The molecule has 21 heavy (non-hydrogen) atoms. The van der Waals surface area contributed by atoms with Gasteiger partial charge in [-0.1, -0.05) is 26.0 Å². The van der Waals surface area contributed by atoms with Gasteiger partial charge in [0.05, 0.1) is 6.61 Å². The molecule has 3 heteroatoms. The van der Waals surface area contributed by atoms with Crippen molar-refractivity contribution in [1.29, 1.82) is 0 Å². The third-order valence-corrected chi connectivity index (χ3v) is 5.43. The number of hydrogen-bond acceptors (Lipinski definition) is 2. The van der Waals surface area contributed by atoms with Crippen molar-refractivity contribution in [3.05, 3.63) is 62.2 Å². The number of ketones is 1. The highest BCUT2D eigenvalue weighted by Gasteiger charge is 2.32. The first kappa shape index (κ1) is 14.6. The molecular formula is C18H17IO2. The van der Waals surface area contributed by atoms with Crippen LogP contribution in [0.5, 0.6) is 5.75 Å². The Morgan fingerprint density at radius 3 is 2.76 bits per heavy atom. The van der Waals surface area contributed by atoms with Gasteiger partial charge >= 0.3 is 0 Å². The molecule has 0 spiro atoms. The standard InChI is InChI=1S/C18H17IO2/c1-11-5-4-6-13(16(11)19)17(20)12-7-8-15-14(9-12)18(2,3)10-21-15/h4-9H,10H2,1-3H3. The third-order valence-electron chi connectivity index (χ3n) is 4.00. The largest absolute Gasteiger partial charge is 0.492 e. The molecule has 1 aliphatic rings. The van der Waals surface area contributed by atoms with E-state index in [1.54, 1.807) is 0 Å². The molecule has 2 aromatic rings. The van der Waals surface area contributed by atoms with Gasteiger partial charge in [0.25, 0.3) is 0 Å². The second kappa shape index (κ2) is 5.13. The van der Waals surface area contributed by atoms with Crippen LogP contribution in [-0.2, 0) is 5.41 Å². The van der Waals surface area contributed by atoms with Crippen molar-refractivity contribution in [1.82, 2.24) is 0 Å². The molecule has 2 nitrogen and oxygen atoms in total. The quantitative estimate of drug-likeness (QED) is 0.556. The number of halogens is 1. The fraction of sp³-hybridized carbons (Fsp3) is 0.278. The summed E-state index contributed by atoms with van der Waals surface area (Å²) >= 11 is 2.25. The summed E-state index contributed by atoms with van der Waals surface area (Å²) in [6.07, 6.45) is 0. The zero-order valence-corrected chi connectivity index (χ0v) is 14.5. The molecule has 2 aromatic carbocycles.